The van der Waals surface area contributed by atoms with Crippen molar-refractivity contribution in [3.05, 3.63) is 28.7 Å². The number of carbonyl (C=O) groups is 1. The van der Waals surface area contributed by atoms with E-state index in [9.17, 15) is 4.79 Å². The molecule has 92 valence electrons. The molecule has 0 bridgehead atoms. The number of rotatable bonds is 4. The summed E-state index contributed by atoms with van der Waals surface area (Å²) < 4.78 is 6.65. The number of ether oxygens (including phenoxy) is 1. The molecule has 1 aliphatic rings. The molecule has 0 saturated carbocycles. The molecule has 17 heavy (non-hydrogen) atoms. The van der Waals surface area contributed by atoms with E-state index in [4.69, 9.17) is 4.74 Å². The Morgan fingerprint density at radius 2 is 2.12 bits per heavy atom. The third kappa shape index (κ3) is 3.82. The smallest absolute Gasteiger partial charge is 0.138 e. The van der Waals surface area contributed by atoms with Crippen molar-refractivity contribution in [1.82, 2.24) is 5.32 Å². The number of piperidine rings is 1. The highest BCUT2D eigenvalue weighted by Gasteiger charge is 2.21. The van der Waals surface area contributed by atoms with Crippen LogP contribution in [0.2, 0.25) is 0 Å². The average molecular weight is 298 g/mol. The largest absolute Gasteiger partial charge is 0.494 e. The summed E-state index contributed by atoms with van der Waals surface area (Å²) in [6, 6.07) is 7.74. The number of carbonyl (C=O) groups excluding carboxylic acids is 1. The van der Waals surface area contributed by atoms with Crippen LogP contribution in [0.3, 0.4) is 0 Å². The Bertz CT molecular complexity index is 378. The lowest BCUT2D eigenvalue weighted by Crippen LogP contribution is -2.37. The number of Topliss-reactive ketones (excluding diaryl/α,β-unsaturated/α-hetero) is 1. The van der Waals surface area contributed by atoms with E-state index in [1.54, 1.807) is 0 Å². The first-order valence-electron chi connectivity index (χ1n) is 5.87. The predicted octanol–water partition coefficient (Wildman–Crippen LogP) is 2.40. The number of halogens is 1. The van der Waals surface area contributed by atoms with Gasteiger partial charge in [-0.15, -0.1) is 0 Å². The highest BCUT2D eigenvalue weighted by atomic mass is 79.9. The maximum absolute atomic E-state index is 11.6. The molecule has 0 aromatic heterocycles. The van der Waals surface area contributed by atoms with Gasteiger partial charge in [0, 0.05) is 29.9 Å². The Morgan fingerprint density at radius 3 is 2.82 bits per heavy atom. The van der Waals surface area contributed by atoms with Gasteiger partial charge in [0.15, 0.2) is 0 Å². The lowest BCUT2D eigenvalue weighted by atomic mass is 9.95. The van der Waals surface area contributed by atoms with Gasteiger partial charge < -0.3 is 10.1 Å². The second-order valence-corrected chi connectivity index (χ2v) is 5.12. The molecule has 2 rings (SSSR count). The van der Waals surface area contributed by atoms with Crippen molar-refractivity contribution in [3.8, 4) is 5.75 Å². The van der Waals surface area contributed by atoms with Crippen LogP contribution in [0.5, 0.6) is 5.75 Å². The van der Waals surface area contributed by atoms with Gasteiger partial charge in [-0.3, -0.25) is 4.79 Å². The minimum Gasteiger partial charge on any atom is -0.494 e. The monoisotopic (exact) mass is 297 g/mol. The van der Waals surface area contributed by atoms with Crippen LogP contribution >= 0.6 is 15.9 Å². The Morgan fingerprint density at radius 1 is 1.35 bits per heavy atom. The van der Waals surface area contributed by atoms with Crippen molar-refractivity contribution < 1.29 is 9.53 Å². The minimum atomic E-state index is 0.124. The van der Waals surface area contributed by atoms with Crippen molar-refractivity contribution in [2.75, 3.05) is 19.7 Å². The molecule has 1 aromatic rings. The number of hydrogen-bond donors (Lipinski definition) is 1. The molecule has 0 amide bonds. The van der Waals surface area contributed by atoms with Crippen LogP contribution in [0.4, 0.5) is 0 Å². The molecule has 1 saturated heterocycles. The summed E-state index contributed by atoms with van der Waals surface area (Å²) in [7, 11) is 0. The van der Waals surface area contributed by atoms with E-state index < -0.39 is 0 Å². The molecule has 1 aromatic carbocycles. The lowest BCUT2D eigenvalue weighted by molar-refractivity contribution is -0.124. The molecule has 1 N–H and O–H groups in total. The van der Waals surface area contributed by atoms with Crippen LogP contribution < -0.4 is 10.1 Å². The Balaban J connectivity index is 1.75. The van der Waals surface area contributed by atoms with Crippen LogP contribution in [0, 0.1) is 5.92 Å². The molecule has 0 radical (unpaired) electrons. The van der Waals surface area contributed by atoms with Gasteiger partial charge in [0.2, 0.25) is 0 Å². The minimum absolute atomic E-state index is 0.124. The number of benzene rings is 1. The Labute approximate surface area is 110 Å². The summed E-state index contributed by atoms with van der Waals surface area (Å²) in [4.78, 5) is 11.6. The van der Waals surface area contributed by atoms with E-state index in [-0.39, 0.29) is 5.92 Å². The van der Waals surface area contributed by atoms with E-state index in [0.717, 1.165) is 29.7 Å². The standard InChI is InChI=1S/C13H16BrNO2/c14-11-1-3-12(4-2-11)17-8-6-10-9-15-7-5-13(10)16/h1-4,10,15H,5-9H2. The van der Waals surface area contributed by atoms with Gasteiger partial charge in [0.05, 0.1) is 6.61 Å². The van der Waals surface area contributed by atoms with E-state index in [0.29, 0.717) is 18.8 Å². The second kappa shape index (κ2) is 6.17. The Hall–Kier alpha value is -0.870. The number of nitrogens with one attached hydrogen (secondary N) is 1. The fourth-order valence-electron chi connectivity index (χ4n) is 1.92. The maximum Gasteiger partial charge on any atom is 0.138 e. The highest BCUT2D eigenvalue weighted by Crippen LogP contribution is 2.17. The van der Waals surface area contributed by atoms with E-state index >= 15 is 0 Å². The first-order chi connectivity index (χ1) is 8.25. The average Bonchev–Trinajstić information content (AvgIpc) is 2.34. The van der Waals surface area contributed by atoms with Crippen LogP contribution in [-0.4, -0.2) is 25.5 Å². The summed E-state index contributed by atoms with van der Waals surface area (Å²) >= 11 is 3.38. The van der Waals surface area contributed by atoms with Gasteiger partial charge in [-0.05, 0) is 30.7 Å². The fraction of sp³-hybridized carbons (Fsp3) is 0.462. The number of hydrogen-bond acceptors (Lipinski definition) is 3. The molecule has 4 heteroatoms. The third-order valence-corrected chi connectivity index (χ3v) is 3.47. The van der Waals surface area contributed by atoms with Crippen molar-refractivity contribution in [2.24, 2.45) is 5.92 Å². The van der Waals surface area contributed by atoms with Crippen molar-refractivity contribution in [1.29, 1.82) is 0 Å². The first kappa shape index (κ1) is 12.6. The van der Waals surface area contributed by atoms with Crippen molar-refractivity contribution >= 4 is 21.7 Å². The maximum atomic E-state index is 11.6. The van der Waals surface area contributed by atoms with Crippen LogP contribution in [0.1, 0.15) is 12.8 Å². The van der Waals surface area contributed by atoms with Crippen molar-refractivity contribution in [3.63, 3.8) is 0 Å². The highest BCUT2D eigenvalue weighted by molar-refractivity contribution is 9.10. The van der Waals surface area contributed by atoms with Crippen LogP contribution in [0.25, 0.3) is 0 Å². The van der Waals surface area contributed by atoms with Gasteiger partial charge in [0.25, 0.3) is 0 Å². The molecule has 1 atom stereocenters. The van der Waals surface area contributed by atoms with E-state index in [2.05, 4.69) is 21.2 Å². The second-order valence-electron chi connectivity index (χ2n) is 4.21. The molecule has 1 heterocycles. The molecule has 1 unspecified atom stereocenters. The molecule has 1 aliphatic heterocycles. The van der Waals surface area contributed by atoms with E-state index in [1.165, 1.54) is 0 Å². The Kier molecular flexibility index (Phi) is 4.57. The van der Waals surface area contributed by atoms with Gasteiger partial charge >= 0.3 is 0 Å². The zero-order chi connectivity index (χ0) is 12.1. The topological polar surface area (TPSA) is 38.3 Å². The zero-order valence-electron chi connectivity index (χ0n) is 9.62. The van der Waals surface area contributed by atoms with E-state index in [1.807, 2.05) is 24.3 Å². The molecular formula is C13H16BrNO2. The molecule has 1 fully saturated rings. The van der Waals surface area contributed by atoms with Gasteiger partial charge in [-0.25, -0.2) is 0 Å². The van der Waals surface area contributed by atoms with Gasteiger partial charge in [0.1, 0.15) is 11.5 Å². The normalized spacial score (nSPS) is 20.3. The predicted molar refractivity (Wildman–Crippen MR) is 70.2 cm³/mol. The summed E-state index contributed by atoms with van der Waals surface area (Å²) in [5.74, 6) is 1.34. The SMILES string of the molecule is O=C1CCNCC1CCOc1ccc(Br)cc1. The third-order valence-electron chi connectivity index (χ3n) is 2.94. The molecule has 0 spiro atoms. The summed E-state index contributed by atoms with van der Waals surface area (Å²) in [6.45, 7) is 2.21. The molecule has 0 aliphatic carbocycles. The lowest BCUT2D eigenvalue weighted by Gasteiger charge is -2.21. The summed E-state index contributed by atoms with van der Waals surface area (Å²) in [5.41, 5.74) is 0. The quantitative estimate of drug-likeness (QED) is 0.927. The molecular weight excluding hydrogens is 282 g/mol. The van der Waals surface area contributed by atoms with Gasteiger partial charge in [-0.2, -0.15) is 0 Å². The van der Waals surface area contributed by atoms with Crippen LogP contribution in [0.15, 0.2) is 28.7 Å². The molecule has 3 nitrogen and oxygen atoms in total. The fourth-order valence-corrected chi connectivity index (χ4v) is 2.18. The zero-order valence-corrected chi connectivity index (χ0v) is 11.2. The summed E-state index contributed by atoms with van der Waals surface area (Å²) in [5, 5.41) is 3.24. The van der Waals surface area contributed by atoms with Crippen molar-refractivity contribution in [2.45, 2.75) is 12.8 Å². The van der Waals surface area contributed by atoms with Crippen LogP contribution in [-0.2, 0) is 4.79 Å². The summed E-state index contributed by atoms with van der Waals surface area (Å²) in [6.07, 6.45) is 1.45. The first-order valence-corrected chi connectivity index (χ1v) is 6.67. The number of ketones is 1. The van der Waals surface area contributed by atoms with Gasteiger partial charge in [-0.1, -0.05) is 15.9 Å².